The summed E-state index contributed by atoms with van der Waals surface area (Å²) in [6.07, 6.45) is 3.35. The van der Waals surface area contributed by atoms with Crippen LogP contribution in [0.1, 0.15) is 40.5 Å². The molecule has 1 amide bonds. The minimum Gasteiger partial charge on any atom is -0.267 e. The SMILES string of the molecule is CCC1=C(C(C)(C)C)CC=NC1=O. The van der Waals surface area contributed by atoms with Crippen LogP contribution in [0.3, 0.4) is 0 Å². The lowest BCUT2D eigenvalue weighted by atomic mass is 9.80. The quantitative estimate of drug-likeness (QED) is 0.608. The molecule has 0 N–H and O–H groups in total. The summed E-state index contributed by atoms with van der Waals surface area (Å²) in [5.74, 6) is -0.0429. The van der Waals surface area contributed by atoms with Crippen LogP contribution >= 0.6 is 0 Å². The standard InChI is InChI=1S/C11H17NO/c1-5-8-9(11(2,3)4)6-7-12-10(8)13/h7H,5-6H2,1-4H3. The molecule has 72 valence electrons. The Hall–Kier alpha value is -0.920. The van der Waals surface area contributed by atoms with Gasteiger partial charge < -0.3 is 0 Å². The Bertz CT molecular complexity index is 279. The Balaban J connectivity index is 3.10. The lowest BCUT2D eigenvalue weighted by Crippen LogP contribution is -2.19. The summed E-state index contributed by atoms with van der Waals surface area (Å²) in [6.45, 7) is 8.44. The molecule has 1 heterocycles. The van der Waals surface area contributed by atoms with E-state index in [0.29, 0.717) is 0 Å². The normalized spacial score (nSPS) is 18.3. The maximum absolute atomic E-state index is 11.4. The topological polar surface area (TPSA) is 29.4 Å². The predicted octanol–water partition coefficient (Wildman–Crippen LogP) is 2.74. The van der Waals surface area contributed by atoms with Gasteiger partial charge in [-0.2, -0.15) is 0 Å². The Morgan fingerprint density at radius 2 is 2.08 bits per heavy atom. The van der Waals surface area contributed by atoms with E-state index in [2.05, 4.69) is 25.8 Å². The molecule has 1 aliphatic rings. The molecule has 1 rings (SSSR count). The fraction of sp³-hybridized carbons (Fsp3) is 0.636. The monoisotopic (exact) mass is 179 g/mol. The van der Waals surface area contributed by atoms with Crippen molar-refractivity contribution in [2.45, 2.75) is 40.5 Å². The highest BCUT2D eigenvalue weighted by Crippen LogP contribution is 2.33. The first-order valence-corrected chi connectivity index (χ1v) is 4.76. The Morgan fingerprint density at radius 1 is 1.46 bits per heavy atom. The van der Waals surface area contributed by atoms with E-state index in [1.54, 1.807) is 6.21 Å². The van der Waals surface area contributed by atoms with Crippen molar-refractivity contribution in [3.05, 3.63) is 11.1 Å². The first-order valence-electron chi connectivity index (χ1n) is 4.76. The summed E-state index contributed by atoms with van der Waals surface area (Å²) < 4.78 is 0. The van der Waals surface area contributed by atoms with E-state index in [9.17, 15) is 4.79 Å². The van der Waals surface area contributed by atoms with Crippen LogP contribution in [0, 0.1) is 5.41 Å². The number of allylic oxidation sites excluding steroid dienone is 1. The molecule has 2 nitrogen and oxygen atoms in total. The van der Waals surface area contributed by atoms with Crippen LogP contribution in [0.5, 0.6) is 0 Å². The minimum atomic E-state index is -0.0429. The van der Waals surface area contributed by atoms with Crippen LogP contribution in [-0.4, -0.2) is 12.1 Å². The zero-order valence-electron chi connectivity index (χ0n) is 8.85. The number of carbonyl (C=O) groups excluding carboxylic acids is 1. The van der Waals surface area contributed by atoms with E-state index in [0.717, 1.165) is 18.4 Å². The van der Waals surface area contributed by atoms with E-state index in [1.165, 1.54) is 5.57 Å². The molecule has 0 aromatic heterocycles. The summed E-state index contributed by atoms with van der Waals surface area (Å²) in [5.41, 5.74) is 2.25. The number of amides is 1. The van der Waals surface area contributed by atoms with Crippen molar-refractivity contribution in [1.29, 1.82) is 0 Å². The minimum absolute atomic E-state index is 0.0429. The zero-order valence-corrected chi connectivity index (χ0v) is 8.85. The van der Waals surface area contributed by atoms with Crippen molar-refractivity contribution in [3.63, 3.8) is 0 Å². The second kappa shape index (κ2) is 3.44. The van der Waals surface area contributed by atoms with Crippen molar-refractivity contribution >= 4 is 12.1 Å². The lowest BCUT2D eigenvalue weighted by Gasteiger charge is -2.26. The van der Waals surface area contributed by atoms with E-state index in [-0.39, 0.29) is 11.3 Å². The Morgan fingerprint density at radius 3 is 2.46 bits per heavy atom. The van der Waals surface area contributed by atoms with Crippen LogP contribution in [0.15, 0.2) is 16.1 Å². The molecule has 0 aromatic rings. The van der Waals surface area contributed by atoms with E-state index in [1.807, 2.05) is 6.92 Å². The molecule has 0 fully saturated rings. The number of rotatable bonds is 1. The molecule has 0 unspecified atom stereocenters. The molecule has 0 spiro atoms. The number of dihydropyridines is 1. The number of nitrogens with zero attached hydrogens (tertiary/aromatic N) is 1. The number of hydrogen-bond donors (Lipinski definition) is 0. The van der Waals surface area contributed by atoms with Crippen molar-refractivity contribution in [2.75, 3.05) is 0 Å². The van der Waals surface area contributed by atoms with Crippen LogP contribution < -0.4 is 0 Å². The van der Waals surface area contributed by atoms with Gasteiger partial charge in [0, 0.05) is 18.2 Å². The molecule has 2 heteroatoms. The van der Waals surface area contributed by atoms with Gasteiger partial charge in [-0.25, -0.2) is 4.99 Å². The van der Waals surface area contributed by atoms with Crippen molar-refractivity contribution in [1.82, 2.24) is 0 Å². The maximum atomic E-state index is 11.4. The fourth-order valence-electron chi connectivity index (χ4n) is 1.67. The summed E-state index contributed by atoms with van der Waals surface area (Å²) in [6, 6.07) is 0. The summed E-state index contributed by atoms with van der Waals surface area (Å²) in [4.78, 5) is 15.3. The molecule has 0 aliphatic carbocycles. The third kappa shape index (κ3) is 2.06. The zero-order chi connectivity index (χ0) is 10.1. The Kier molecular flexibility index (Phi) is 2.69. The molecule has 1 aliphatic heterocycles. The molecular formula is C11H17NO. The van der Waals surface area contributed by atoms with E-state index >= 15 is 0 Å². The molecule has 0 atom stereocenters. The van der Waals surface area contributed by atoms with Gasteiger partial charge in [0.2, 0.25) is 0 Å². The molecule has 0 bridgehead atoms. The third-order valence-corrected chi connectivity index (χ3v) is 2.39. The second-order valence-corrected chi connectivity index (χ2v) is 4.38. The second-order valence-electron chi connectivity index (χ2n) is 4.38. The summed E-state index contributed by atoms with van der Waals surface area (Å²) in [7, 11) is 0. The van der Waals surface area contributed by atoms with Crippen LogP contribution in [0.25, 0.3) is 0 Å². The first kappa shape index (κ1) is 10.2. The van der Waals surface area contributed by atoms with Gasteiger partial charge in [0.1, 0.15) is 0 Å². The van der Waals surface area contributed by atoms with Crippen molar-refractivity contribution in [3.8, 4) is 0 Å². The van der Waals surface area contributed by atoms with Gasteiger partial charge in [0.05, 0.1) is 0 Å². The average Bonchev–Trinajstić information content (AvgIpc) is 2.02. The first-order chi connectivity index (χ1) is 5.96. The summed E-state index contributed by atoms with van der Waals surface area (Å²) in [5, 5.41) is 0. The van der Waals surface area contributed by atoms with Gasteiger partial charge in [-0.3, -0.25) is 4.79 Å². The Labute approximate surface area is 79.8 Å². The van der Waals surface area contributed by atoms with Gasteiger partial charge in [-0.1, -0.05) is 33.3 Å². The number of hydrogen-bond acceptors (Lipinski definition) is 1. The molecule has 0 radical (unpaired) electrons. The summed E-state index contributed by atoms with van der Waals surface area (Å²) >= 11 is 0. The largest absolute Gasteiger partial charge is 0.272 e. The van der Waals surface area contributed by atoms with Crippen molar-refractivity contribution in [2.24, 2.45) is 10.4 Å². The number of aliphatic imine (C=N–C) groups is 1. The predicted molar refractivity (Wildman–Crippen MR) is 54.9 cm³/mol. The fourth-order valence-corrected chi connectivity index (χ4v) is 1.67. The molecule has 0 saturated carbocycles. The van der Waals surface area contributed by atoms with Gasteiger partial charge in [0.15, 0.2) is 0 Å². The van der Waals surface area contributed by atoms with Gasteiger partial charge in [-0.15, -0.1) is 0 Å². The van der Waals surface area contributed by atoms with Crippen LogP contribution in [0.4, 0.5) is 0 Å². The molecule has 0 saturated heterocycles. The van der Waals surface area contributed by atoms with Gasteiger partial charge >= 0.3 is 0 Å². The van der Waals surface area contributed by atoms with Crippen LogP contribution in [0.2, 0.25) is 0 Å². The van der Waals surface area contributed by atoms with E-state index < -0.39 is 0 Å². The van der Waals surface area contributed by atoms with Crippen molar-refractivity contribution < 1.29 is 4.79 Å². The van der Waals surface area contributed by atoms with E-state index in [4.69, 9.17) is 0 Å². The number of carbonyl (C=O) groups is 1. The molecular weight excluding hydrogens is 162 g/mol. The molecule has 13 heavy (non-hydrogen) atoms. The molecule has 0 aromatic carbocycles. The highest BCUT2D eigenvalue weighted by molar-refractivity contribution is 6.02. The highest BCUT2D eigenvalue weighted by Gasteiger charge is 2.25. The van der Waals surface area contributed by atoms with Gasteiger partial charge in [0.25, 0.3) is 5.91 Å². The lowest BCUT2D eigenvalue weighted by molar-refractivity contribution is -0.114. The smallest absolute Gasteiger partial charge is 0.267 e. The maximum Gasteiger partial charge on any atom is 0.272 e. The third-order valence-electron chi connectivity index (χ3n) is 2.39. The van der Waals surface area contributed by atoms with Gasteiger partial charge in [-0.05, 0) is 11.8 Å². The van der Waals surface area contributed by atoms with Crippen LogP contribution in [-0.2, 0) is 4.79 Å². The average molecular weight is 179 g/mol. The highest BCUT2D eigenvalue weighted by atomic mass is 16.1.